The summed E-state index contributed by atoms with van der Waals surface area (Å²) in [6.07, 6.45) is 0. The Hall–Kier alpha value is -2.62. The second kappa shape index (κ2) is 12.2. The van der Waals surface area contributed by atoms with Crippen molar-refractivity contribution in [3.63, 3.8) is 0 Å². The summed E-state index contributed by atoms with van der Waals surface area (Å²) in [6.45, 7) is 6.25. The number of aromatic nitrogens is 3. The van der Waals surface area contributed by atoms with Gasteiger partial charge in [0.05, 0.1) is 7.11 Å². The van der Waals surface area contributed by atoms with E-state index < -0.39 is 0 Å². The molecule has 7 nitrogen and oxygen atoms in total. The lowest BCUT2D eigenvalue weighted by Gasteiger charge is -2.16. The van der Waals surface area contributed by atoms with E-state index in [-0.39, 0.29) is 24.0 Å². The van der Waals surface area contributed by atoms with Crippen LogP contribution < -0.4 is 15.4 Å². The molecule has 1 unspecified atom stereocenters. The number of ether oxygens (including phenoxy) is 1. The molecule has 3 N–H and O–H groups in total. The van der Waals surface area contributed by atoms with Gasteiger partial charge in [-0.05, 0) is 42.7 Å². The highest BCUT2D eigenvalue weighted by Gasteiger charge is 2.08. The molecule has 0 aliphatic carbocycles. The first-order chi connectivity index (χ1) is 14.2. The molecule has 0 aliphatic rings. The van der Waals surface area contributed by atoms with E-state index in [1.165, 1.54) is 5.56 Å². The van der Waals surface area contributed by atoms with E-state index in [1.54, 1.807) is 7.11 Å². The molecule has 0 radical (unpaired) electrons. The van der Waals surface area contributed by atoms with Crippen LogP contribution >= 0.6 is 24.0 Å². The van der Waals surface area contributed by atoms with E-state index in [9.17, 15) is 0 Å². The van der Waals surface area contributed by atoms with Gasteiger partial charge in [0.2, 0.25) is 0 Å². The predicted molar refractivity (Wildman–Crippen MR) is 131 cm³/mol. The van der Waals surface area contributed by atoms with Crippen LogP contribution in [0, 0.1) is 0 Å². The van der Waals surface area contributed by atoms with E-state index in [4.69, 9.17) is 4.74 Å². The second-order valence-electron chi connectivity index (χ2n) is 6.72. The third kappa shape index (κ3) is 6.72. The average Bonchev–Trinajstić information content (AvgIpc) is 3.25. The van der Waals surface area contributed by atoms with Gasteiger partial charge < -0.3 is 15.4 Å². The van der Waals surface area contributed by atoms with Crippen molar-refractivity contribution in [2.75, 3.05) is 20.2 Å². The number of guanidine groups is 1. The van der Waals surface area contributed by atoms with E-state index in [1.807, 2.05) is 37.3 Å². The predicted octanol–water partition coefficient (Wildman–Crippen LogP) is 3.96. The summed E-state index contributed by atoms with van der Waals surface area (Å²) in [7, 11) is 1.65. The first-order valence-electron chi connectivity index (χ1n) is 9.82. The highest BCUT2D eigenvalue weighted by Crippen LogP contribution is 2.19. The van der Waals surface area contributed by atoms with Gasteiger partial charge >= 0.3 is 0 Å². The molecule has 1 aromatic heterocycles. The Morgan fingerprint density at radius 1 is 1.10 bits per heavy atom. The third-order valence-corrected chi connectivity index (χ3v) is 4.56. The van der Waals surface area contributed by atoms with Gasteiger partial charge in [0.1, 0.15) is 18.1 Å². The minimum absolute atomic E-state index is 0. The first-order valence-corrected chi connectivity index (χ1v) is 9.82. The van der Waals surface area contributed by atoms with Gasteiger partial charge in [0.15, 0.2) is 11.8 Å². The normalized spacial score (nSPS) is 12.0. The van der Waals surface area contributed by atoms with Crippen LogP contribution in [0.5, 0.6) is 5.75 Å². The maximum absolute atomic E-state index is 5.19. The minimum Gasteiger partial charge on any atom is -0.497 e. The van der Waals surface area contributed by atoms with Crippen molar-refractivity contribution in [3.05, 3.63) is 66.0 Å². The zero-order valence-electron chi connectivity index (χ0n) is 17.6. The van der Waals surface area contributed by atoms with Crippen molar-refractivity contribution in [2.24, 2.45) is 4.99 Å². The summed E-state index contributed by atoms with van der Waals surface area (Å²) >= 11 is 0. The molecule has 2 aromatic carbocycles. The zero-order valence-corrected chi connectivity index (χ0v) is 19.9. The second-order valence-corrected chi connectivity index (χ2v) is 6.72. The summed E-state index contributed by atoms with van der Waals surface area (Å²) in [6, 6.07) is 18.1. The Kier molecular flexibility index (Phi) is 9.59. The third-order valence-electron chi connectivity index (χ3n) is 4.56. The summed E-state index contributed by atoms with van der Waals surface area (Å²) < 4.78 is 5.19. The van der Waals surface area contributed by atoms with Gasteiger partial charge in [-0.1, -0.05) is 37.3 Å². The smallest absolute Gasteiger partial charge is 0.191 e. The summed E-state index contributed by atoms with van der Waals surface area (Å²) in [5.74, 6) is 3.31. The fourth-order valence-corrected chi connectivity index (χ4v) is 2.88. The topological polar surface area (TPSA) is 87.2 Å². The number of rotatable bonds is 8. The van der Waals surface area contributed by atoms with E-state index in [0.717, 1.165) is 30.4 Å². The monoisotopic (exact) mass is 520 g/mol. The Bertz CT molecular complexity index is 911. The number of benzene rings is 2. The fourth-order valence-electron chi connectivity index (χ4n) is 2.88. The van der Waals surface area contributed by atoms with Crippen LogP contribution in [0.15, 0.2) is 59.6 Å². The van der Waals surface area contributed by atoms with Crippen LogP contribution in [0.2, 0.25) is 0 Å². The lowest BCUT2D eigenvalue weighted by Crippen LogP contribution is -2.39. The highest BCUT2D eigenvalue weighted by atomic mass is 127. The summed E-state index contributed by atoms with van der Waals surface area (Å²) in [5.41, 5.74) is 2.23. The lowest BCUT2D eigenvalue weighted by atomic mass is 10.0. The Balaban J connectivity index is 0.00000320. The first kappa shape index (κ1) is 23.7. The van der Waals surface area contributed by atoms with Crippen LogP contribution in [0.1, 0.15) is 31.2 Å². The van der Waals surface area contributed by atoms with Gasteiger partial charge in [-0.2, -0.15) is 5.10 Å². The maximum atomic E-state index is 5.19. The van der Waals surface area contributed by atoms with E-state index in [2.05, 4.69) is 62.0 Å². The molecule has 3 rings (SSSR count). The van der Waals surface area contributed by atoms with Crippen LogP contribution in [0.4, 0.5) is 0 Å². The van der Waals surface area contributed by atoms with Crippen molar-refractivity contribution < 1.29 is 4.74 Å². The van der Waals surface area contributed by atoms with Gasteiger partial charge in [-0.3, -0.25) is 5.10 Å². The molecule has 0 fully saturated rings. The molecular weight excluding hydrogens is 491 g/mol. The number of hydrogen-bond acceptors (Lipinski definition) is 4. The van der Waals surface area contributed by atoms with Crippen LogP contribution in [0.25, 0.3) is 11.4 Å². The molecule has 1 atom stereocenters. The molecule has 0 aliphatic heterocycles. The quantitative estimate of drug-likeness (QED) is 0.238. The lowest BCUT2D eigenvalue weighted by molar-refractivity contribution is 0.415. The number of hydrogen-bond donors (Lipinski definition) is 3. The number of halogens is 1. The SMILES string of the molecule is CCNC(=NCc1nc(-c2ccc(OC)cc2)n[nH]1)NCC(C)c1ccccc1.I. The molecule has 0 amide bonds. The fraction of sp³-hybridized carbons (Fsp3) is 0.318. The Morgan fingerprint density at radius 2 is 1.83 bits per heavy atom. The van der Waals surface area contributed by atoms with Crippen molar-refractivity contribution >= 4 is 29.9 Å². The number of aliphatic imine (C=N–C) groups is 1. The zero-order chi connectivity index (χ0) is 20.5. The van der Waals surface area contributed by atoms with E-state index in [0.29, 0.717) is 24.1 Å². The van der Waals surface area contributed by atoms with Gasteiger partial charge in [0, 0.05) is 18.7 Å². The Labute approximate surface area is 194 Å². The largest absolute Gasteiger partial charge is 0.497 e. The number of H-pyrrole nitrogens is 1. The molecular formula is C22H29IN6O. The molecule has 0 bridgehead atoms. The van der Waals surface area contributed by atoms with Crippen LogP contribution in [0.3, 0.4) is 0 Å². The standard InChI is InChI=1S/C22H28N6O.HI/c1-4-23-22(24-14-16(2)17-8-6-5-7-9-17)25-15-20-26-21(28-27-20)18-10-12-19(29-3)13-11-18;/h5-13,16H,4,14-15H2,1-3H3,(H2,23,24,25)(H,26,27,28);1H. The molecule has 8 heteroatoms. The molecule has 1 heterocycles. The molecule has 30 heavy (non-hydrogen) atoms. The maximum Gasteiger partial charge on any atom is 0.191 e. The van der Waals surface area contributed by atoms with Gasteiger partial charge in [-0.15, -0.1) is 24.0 Å². The minimum atomic E-state index is 0. The number of nitrogens with zero attached hydrogens (tertiary/aromatic N) is 3. The summed E-state index contributed by atoms with van der Waals surface area (Å²) in [5, 5.41) is 13.9. The highest BCUT2D eigenvalue weighted by molar-refractivity contribution is 14.0. The number of aromatic amines is 1. The van der Waals surface area contributed by atoms with Crippen molar-refractivity contribution in [2.45, 2.75) is 26.3 Å². The average molecular weight is 520 g/mol. The van der Waals surface area contributed by atoms with Crippen molar-refractivity contribution in [1.29, 1.82) is 0 Å². The van der Waals surface area contributed by atoms with Crippen LogP contribution in [-0.2, 0) is 6.54 Å². The molecule has 160 valence electrons. The van der Waals surface area contributed by atoms with Crippen LogP contribution in [-0.4, -0.2) is 41.3 Å². The summed E-state index contributed by atoms with van der Waals surface area (Å²) in [4.78, 5) is 9.17. The number of nitrogens with one attached hydrogen (secondary N) is 3. The Morgan fingerprint density at radius 3 is 2.50 bits per heavy atom. The van der Waals surface area contributed by atoms with Crippen molar-refractivity contribution in [1.82, 2.24) is 25.8 Å². The molecule has 0 saturated carbocycles. The molecule has 0 saturated heterocycles. The number of methoxy groups -OCH3 is 1. The van der Waals surface area contributed by atoms with Gasteiger partial charge in [-0.25, -0.2) is 9.98 Å². The van der Waals surface area contributed by atoms with Crippen molar-refractivity contribution in [3.8, 4) is 17.1 Å². The molecule has 3 aromatic rings. The van der Waals surface area contributed by atoms with Gasteiger partial charge in [0.25, 0.3) is 0 Å². The van der Waals surface area contributed by atoms with E-state index >= 15 is 0 Å². The molecule has 0 spiro atoms.